The smallest absolute Gasteiger partial charge is 0.224 e. The van der Waals surface area contributed by atoms with E-state index < -0.39 is 0 Å². The Labute approximate surface area is 141 Å². The number of carbonyl (C=O) groups excluding carboxylic acids is 1. The molecule has 0 unspecified atom stereocenters. The van der Waals surface area contributed by atoms with E-state index in [0.29, 0.717) is 43.2 Å². The fourth-order valence-electron chi connectivity index (χ4n) is 2.27. The summed E-state index contributed by atoms with van der Waals surface area (Å²) in [5, 5.41) is 2.75. The Hall–Kier alpha value is -2.56. The van der Waals surface area contributed by atoms with Crippen molar-refractivity contribution in [1.29, 1.82) is 0 Å². The van der Waals surface area contributed by atoms with Gasteiger partial charge in [0.05, 0.1) is 13.2 Å². The van der Waals surface area contributed by atoms with E-state index in [1.54, 1.807) is 0 Å². The summed E-state index contributed by atoms with van der Waals surface area (Å²) in [5.41, 5.74) is 1.58. The van der Waals surface area contributed by atoms with E-state index >= 15 is 0 Å². The number of benzene rings is 2. The first-order valence-corrected chi connectivity index (χ1v) is 8.06. The monoisotopic (exact) mass is 331 g/mol. The van der Waals surface area contributed by atoms with E-state index in [0.717, 1.165) is 5.56 Å². The van der Waals surface area contributed by atoms with Crippen molar-refractivity contribution in [2.75, 3.05) is 18.5 Å². The van der Waals surface area contributed by atoms with Crippen LogP contribution in [0, 0.1) is 5.82 Å². The number of hydrogen-bond donors (Lipinski definition) is 1. The molecule has 5 heteroatoms. The van der Waals surface area contributed by atoms with Crippen molar-refractivity contribution >= 4 is 11.6 Å². The second-order valence-corrected chi connectivity index (χ2v) is 5.20. The van der Waals surface area contributed by atoms with Gasteiger partial charge in [-0.25, -0.2) is 4.39 Å². The van der Waals surface area contributed by atoms with Crippen LogP contribution in [0.4, 0.5) is 10.1 Å². The molecule has 2 aromatic carbocycles. The molecule has 1 N–H and O–H groups in total. The van der Waals surface area contributed by atoms with Gasteiger partial charge in [-0.3, -0.25) is 4.79 Å². The molecule has 2 aromatic rings. The van der Waals surface area contributed by atoms with Gasteiger partial charge in [0.2, 0.25) is 5.91 Å². The summed E-state index contributed by atoms with van der Waals surface area (Å²) in [7, 11) is 0. The fourth-order valence-corrected chi connectivity index (χ4v) is 2.27. The third-order valence-corrected chi connectivity index (χ3v) is 3.38. The highest BCUT2D eigenvalue weighted by atomic mass is 19.1. The summed E-state index contributed by atoms with van der Waals surface area (Å²) in [6.45, 7) is 4.95. The Kier molecular flexibility index (Phi) is 6.61. The molecule has 0 spiro atoms. The number of amides is 1. The van der Waals surface area contributed by atoms with Crippen LogP contribution >= 0.6 is 0 Å². The molecule has 0 radical (unpaired) electrons. The van der Waals surface area contributed by atoms with E-state index in [1.165, 1.54) is 24.3 Å². The number of hydrogen-bond acceptors (Lipinski definition) is 3. The minimum absolute atomic E-state index is 0.117. The molecule has 2 rings (SSSR count). The van der Waals surface area contributed by atoms with Crippen molar-refractivity contribution in [3.05, 3.63) is 53.8 Å². The average Bonchev–Trinajstić information content (AvgIpc) is 2.57. The summed E-state index contributed by atoms with van der Waals surface area (Å²) in [4.78, 5) is 12.0. The topological polar surface area (TPSA) is 47.6 Å². The summed E-state index contributed by atoms with van der Waals surface area (Å²) >= 11 is 0. The van der Waals surface area contributed by atoms with Crippen LogP contribution in [0.2, 0.25) is 0 Å². The van der Waals surface area contributed by atoms with Crippen LogP contribution in [-0.2, 0) is 11.2 Å². The summed E-state index contributed by atoms with van der Waals surface area (Å²) in [6, 6.07) is 11.4. The minimum Gasteiger partial charge on any atom is -0.490 e. The van der Waals surface area contributed by atoms with Crippen molar-refractivity contribution < 1.29 is 18.7 Å². The number of nitrogens with one attached hydrogen (secondary N) is 1. The summed E-state index contributed by atoms with van der Waals surface area (Å²) < 4.78 is 24.0. The third kappa shape index (κ3) is 5.26. The highest BCUT2D eigenvalue weighted by molar-refractivity contribution is 5.90. The van der Waals surface area contributed by atoms with Crippen LogP contribution in [0.5, 0.6) is 11.5 Å². The van der Waals surface area contributed by atoms with Crippen LogP contribution in [0.3, 0.4) is 0 Å². The molecular formula is C19H22FNO3. The molecule has 128 valence electrons. The van der Waals surface area contributed by atoms with Crippen molar-refractivity contribution in [2.45, 2.75) is 26.7 Å². The van der Waals surface area contributed by atoms with E-state index in [-0.39, 0.29) is 11.7 Å². The number of anilines is 1. The molecular weight excluding hydrogens is 309 g/mol. The van der Waals surface area contributed by atoms with Gasteiger partial charge in [0, 0.05) is 12.1 Å². The summed E-state index contributed by atoms with van der Waals surface area (Å²) in [6.07, 6.45) is 0.913. The molecule has 4 nitrogen and oxygen atoms in total. The maximum atomic E-state index is 12.8. The molecule has 0 bridgehead atoms. The Balaban J connectivity index is 1.94. The fraction of sp³-hybridized carbons (Fsp3) is 0.316. The Morgan fingerprint density at radius 3 is 2.33 bits per heavy atom. The first kappa shape index (κ1) is 17.8. The SMILES string of the molecule is CCOc1ccc(CCC(=O)Nc2ccc(F)cc2)cc1OCC. The second-order valence-electron chi connectivity index (χ2n) is 5.20. The average molecular weight is 331 g/mol. The van der Waals surface area contributed by atoms with E-state index in [1.807, 2.05) is 32.0 Å². The van der Waals surface area contributed by atoms with E-state index in [4.69, 9.17) is 9.47 Å². The van der Waals surface area contributed by atoms with Gasteiger partial charge < -0.3 is 14.8 Å². The van der Waals surface area contributed by atoms with Crippen LogP contribution in [0.25, 0.3) is 0 Å². The van der Waals surface area contributed by atoms with E-state index in [9.17, 15) is 9.18 Å². The van der Waals surface area contributed by atoms with Gasteiger partial charge >= 0.3 is 0 Å². The summed E-state index contributed by atoms with van der Waals surface area (Å²) in [5.74, 6) is 0.953. The predicted octanol–water partition coefficient (Wildman–Crippen LogP) is 4.19. The molecule has 24 heavy (non-hydrogen) atoms. The van der Waals surface area contributed by atoms with Crippen LogP contribution in [0.1, 0.15) is 25.8 Å². The Morgan fingerprint density at radius 1 is 1.00 bits per heavy atom. The van der Waals surface area contributed by atoms with Crippen molar-refractivity contribution in [1.82, 2.24) is 0 Å². The third-order valence-electron chi connectivity index (χ3n) is 3.38. The lowest BCUT2D eigenvalue weighted by Gasteiger charge is -2.12. The molecule has 0 fully saturated rings. The number of halogens is 1. The molecule has 0 aliphatic carbocycles. The molecule has 0 aliphatic heterocycles. The van der Waals surface area contributed by atoms with Crippen LogP contribution in [-0.4, -0.2) is 19.1 Å². The molecule has 0 aromatic heterocycles. The standard InChI is InChI=1S/C19H22FNO3/c1-3-23-17-11-5-14(13-18(17)24-4-2)6-12-19(22)21-16-9-7-15(20)8-10-16/h5,7-11,13H,3-4,6,12H2,1-2H3,(H,21,22). The first-order valence-electron chi connectivity index (χ1n) is 8.06. The first-order chi connectivity index (χ1) is 11.6. The Morgan fingerprint density at radius 2 is 1.67 bits per heavy atom. The molecule has 0 saturated carbocycles. The number of rotatable bonds is 8. The lowest BCUT2D eigenvalue weighted by Crippen LogP contribution is -2.12. The minimum atomic E-state index is -0.328. The lowest BCUT2D eigenvalue weighted by molar-refractivity contribution is -0.116. The van der Waals surface area contributed by atoms with Gasteiger partial charge in [-0.15, -0.1) is 0 Å². The molecule has 0 aliphatic rings. The van der Waals surface area contributed by atoms with Gasteiger partial charge in [-0.2, -0.15) is 0 Å². The molecule has 1 amide bonds. The maximum absolute atomic E-state index is 12.8. The molecule has 0 heterocycles. The highest BCUT2D eigenvalue weighted by Gasteiger charge is 2.08. The second kappa shape index (κ2) is 8.91. The van der Waals surface area contributed by atoms with E-state index in [2.05, 4.69) is 5.32 Å². The normalized spacial score (nSPS) is 10.3. The van der Waals surface area contributed by atoms with Gasteiger partial charge in [0.1, 0.15) is 5.82 Å². The zero-order chi connectivity index (χ0) is 17.4. The van der Waals surface area contributed by atoms with Gasteiger partial charge in [0.25, 0.3) is 0 Å². The predicted molar refractivity (Wildman–Crippen MR) is 92.1 cm³/mol. The zero-order valence-corrected chi connectivity index (χ0v) is 14.0. The molecule has 0 saturated heterocycles. The lowest BCUT2D eigenvalue weighted by atomic mass is 10.1. The van der Waals surface area contributed by atoms with Crippen molar-refractivity contribution in [2.24, 2.45) is 0 Å². The van der Waals surface area contributed by atoms with Gasteiger partial charge in [0.15, 0.2) is 11.5 Å². The Bertz CT molecular complexity index is 671. The quantitative estimate of drug-likeness (QED) is 0.789. The van der Waals surface area contributed by atoms with Crippen molar-refractivity contribution in [3.8, 4) is 11.5 Å². The number of carbonyl (C=O) groups is 1. The number of aryl methyl sites for hydroxylation is 1. The van der Waals surface area contributed by atoms with Gasteiger partial charge in [-0.1, -0.05) is 6.07 Å². The maximum Gasteiger partial charge on any atom is 0.224 e. The zero-order valence-electron chi connectivity index (χ0n) is 14.0. The largest absolute Gasteiger partial charge is 0.490 e. The van der Waals surface area contributed by atoms with Crippen LogP contribution in [0.15, 0.2) is 42.5 Å². The number of ether oxygens (including phenoxy) is 2. The van der Waals surface area contributed by atoms with Gasteiger partial charge in [-0.05, 0) is 62.2 Å². The van der Waals surface area contributed by atoms with Crippen LogP contribution < -0.4 is 14.8 Å². The highest BCUT2D eigenvalue weighted by Crippen LogP contribution is 2.29. The van der Waals surface area contributed by atoms with Crippen molar-refractivity contribution in [3.63, 3.8) is 0 Å². The molecule has 0 atom stereocenters.